The highest BCUT2D eigenvalue weighted by Crippen LogP contribution is 2.18. The van der Waals surface area contributed by atoms with Crippen molar-refractivity contribution in [3.63, 3.8) is 0 Å². The Labute approximate surface area is 152 Å². The number of carbonyl (C=O) groups is 3. The lowest BCUT2D eigenvalue weighted by atomic mass is 10.0. The summed E-state index contributed by atoms with van der Waals surface area (Å²) in [6, 6.07) is 17.2. The van der Waals surface area contributed by atoms with E-state index in [-0.39, 0.29) is 12.3 Å². The maximum Gasteiger partial charge on any atom is 0.328 e. The highest BCUT2D eigenvalue weighted by atomic mass is 16.4. The topological polar surface area (TPSA) is 95.5 Å². The average Bonchev–Trinajstić information content (AvgIpc) is 2.62. The number of nitrogens with one attached hydrogen (secondary N) is 2. The monoisotopic (exact) mass is 354 g/mol. The van der Waals surface area contributed by atoms with Crippen LogP contribution in [-0.4, -0.2) is 28.4 Å². The number of carbonyl (C=O) groups excluding carboxylic acids is 2. The second-order valence-corrected chi connectivity index (χ2v) is 6.49. The van der Waals surface area contributed by atoms with Gasteiger partial charge < -0.3 is 15.7 Å². The van der Waals surface area contributed by atoms with Crippen molar-refractivity contribution in [1.29, 1.82) is 0 Å². The maximum atomic E-state index is 12.5. The third kappa shape index (κ3) is 5.17. The summed E-state index contributed by atoms with van der Waals surface area (Å²) in [5.41, 5.74) is -0.137. The van der Waals surface area contributed by atoms with Crippen LogP contribution in [0, 0.1) is 0 Å². The zero-order chi connectivity index (χ0) is 19.2. The predicted molar refractivity (Wildman–Crippen MR) is 97.6 cm³/mol. The standard InChI is InChI=1S/C20H22N2O4/c1-20(2,19(25)26)22-17(23)13-16(14-9-5-3-6-10-14)21-18(24)15-11-7-4-8-12-15/h3-12,16H,13H2,1-2H3,(H,21,24)(H,22,23)(H,25,26). The number of benzene rings is 2. The van der Waals surface area contributed by atoms with E-state index < -0.39 is 23.5 Å². The van der Waals surface area contributed by atoms with Gasteiger partial charge in [-0.1, -0.05) is 48.5 Å². The van der Waals surface area contributed by atoms with Crippen molar-refractivity contribution in [2.75, 3.05) is 0 Å². The van der Waals surface area contributed by atoms with E-state index in [2.05, 4.69) is 10.6 Å². The molecule has 2 aromatic rings. The molecule has 0 aliphatic carbocycles. The van der Waals surface area contributed by atoms with E-state index in [1.807, 2.05) is 36.4 Å². The van der Waals surface area contributed by atoms with Crippen molar-refractivity contribution in [3.8, 4) is 0 Å². The number of carboxylic acids is 1. The Morgan fingerprint density at radius 2 is 1.50 bits per heavy atom. The van der Waals surface area contributed by atoms with Gasteiger partial charge >= 0.3 is 5.97 Å². The molecule has 2 amide bonds. The number of aliphatic carboxylic acids is 1. The van der Waals surface area contributed by atoms with E-state index in [0.29, 0.717) is 5.56 Å². The first-order valence-electron chi connectivity index (χ1n) is 8.25. The van der Waals surface area contributed by atoms with E-state index in [1.165, 1.54) is 13.8 Å². The van der Waals surface area contributed by atoms with Crippen molar-refractivity contribution >= 4 is 17.8 Å². The highest BCUT2D eigenvalue weighted by Gasteiger charge is 2.30. The number of rotatable bonds is 7. The van der Waals surface area contributed by atoms with Crippen LogP contribution in [0.25, 0.3) is 0 Å². The van der Waals surface area contributed by atoms with Gasteiger partial charge in [-0.3, -0.25) is 9.59 Å². The lowest BCUT2D eigenvalue weighted by Crippen LogP contribution is -2.50. The Bertz CT molecular complexity index is 773. The highest BCUT2D eigenvalue weighted by molar-refractivity contribution is 5.95. The van der Waals surface area contributed by atoms with Gasteiger partial charge in [-0.05, 0) is 31.5 Å². The van der Waals surface area contributed by atoms with Gasteiger partial charge in [0.05, 0.1) is 12.5 Å². The molecule has 0 heterocycles. The van der Waals surface area contributed by atoms with Gasteiger partial charge in [-0.25, -0.2) is 4.79 Å². The van der Waals surface area contributed by atoms with Crippen LogP contribution in [0.5, 0.6) is 0 Å². The number of carboxylic acid groups (broad SMARTS) is 1. The molecule has 0 bridgehead atoms. The summed E-state index contributed by atoms with van der Waals surface area (Å²) in [6.07, 6.45) is -0.0701. The zero-order valence-electron chi connectivity index (χ0n) is 14.7. The summed E-state index contributed by atoms with van der Waals surface area (Å²) >= 11 is 0. The minimum absolute atomic E-state index is 0.0701. The molecule has 0 fully saturated rings. The number of amides is 2. The van der Waals surface area contributed by atoms with Crippen molar-refractivity contribution in [1.82, 2.24) is 10.6 Å². The summed E-state index contributed by atoms with van der Waals surface area (Å²) < 4.78 is 0. The van der Waals surface area contributed by atoms with E-state index in [4.69, 9.17) is 5.11 Å². The maximum absolute atomic E-state index is 12.5. The molecule has 0 aromatic heterocycles. The van der Waals surface area contributed by atoms with Gasteiger partial charge in [-0.15, -0.1) is 0 Å². The fourth-order valence-electron chi connectivity index (χ4n) is 2.41. The summed E-state index contributed by atoms with van der Waals surface area (Å²) in [5.74, 6) is -1.89. The molecule has 1 unspecified atom stereocenters. The Morgan fingerprint density at radius 1 is 0.962 bits per heavy atom. The molecule has 2 rings (SSSR count). The molecule has 0 saturated heterocycles. The van der Waals surface area contributed by atoms with Gasteiger partial charge in [0, 0.05) is 5.56 Å². The molecule has 6 heteroatoms. The molecule has 0 saturated carbocycles. The summed E-state index contributed by atoms with van der Waals surface area (Å²) in [7, 11) is 0. The van der Waals surface area contributed by atoms with Crippen LogP contribution in [0.4, 0.5) is 0 Å². The average molecular weight is 354 g/mol. The molecule has 136 valence electrons. The van der Waals surface area contributed by atoms with Gasteiger partial charge in [-0.2, -0.15) is 0 Å². The molecule has 0 aliphatic heterocycles. The van der Waals surface area contributed by atoms with Crippen LogP contribution in [-0.2, 0) is 9.59 Å². The van der Waals surface area contributed by atoms with E-state index in [9.17, 15) is 14.4 Å². The molecule has 3 N–H and O–H groups in total. The van der Waals surface area contributed by atoms with Crippen molar-refractivity contribution < 1.29 is 19.5 Å². The second kappa shape index (κ2) is 8.29. The first-order chi connectivity index (χ1) is 12.3. The molecular formula is C20H22N2O4. The Kier molecular flexibility index (Phi) is 6.11. The van der Waals surface area contributed by atoms with E-state index in [0.717, 1.165) is 5.56 Å². The Hall–Kier alpha value is -3.15. The molecular weight excluding hydrogens is 332 g/mol. The Balaban J connectivity index is 2.16. The van der Waals surface area contributed by atoms with Gasteiger partial charge in [0.2, 0.25) is 5.91 Å². The SMILES string of the molecule is CC(C)(NC(=O)CC(NC(=O)c1ccccc1)c1ccccc1)C(=O)O. The van der Waals surface area contributed by atoms with E-state index in [1.54, 1.807) is 24.3 Å². The Morgan fingerprint density at radius 3 is 2.04 bits per heavy atom. The smallest absolute Gasteiger partial charge is 0.328 e. The third-order valence-corrected chi connectivity index (χ3v) is 3.92. The van der Waals surface area contributed by atoms with Crippen molar-refractivity contribution in [3.05, 3.63) is 71.8 Å². The third-order valence-electron chi connectivity index (χ3n) is 3.92. The molecule has 0 spiro atoms. The van der Waals surface area contributed by atoms with Crippen LogP contribution in [0.2, 0.25) is 0 Å². The van der Waals surface area contributed by atoms with Crippen LogP contribution in [0.3, 0.4) is 0 Å². The largest absolute Gasteiger partial charge is 0.480 e. The van der Waals surface area contributed by atoms with Crippen molar-refractivity contribution in [2.24, 2.45) is 0 Å². The summed E-state index contributed by atoms with van der Waals surface area (Å²) in [4.78, 5) is 36.0. The van der Waals surface area contributed by atoms with Gasteiger partial charge in [0.15, 0.2) is 0 Å². The summed E-state index contributed by atoms with van der Waals surface area (Å²) in [6.45, 7) is 2.82. The fourth-order valence-corrected chi connectivity index (χ4v) is 2.41. The van der Waals surface area contributed by atoms with Crippen LogP contribution < -0.4 is 10.6 Å². The number of hydrogen-bond acceptors (Lipinski definition) is 3. The van der Waals surface area contributed by atoms with Crippen molar-refractivity contribution in [2.45, 2.75) is 31.8 Å². The molecule has 0 aliphatic rings. The van der Waals surface area contributed by atoms with Gasteiger partial charge in [0.25, 0.3) is 5.91 Å². The zero-order valence-corrected chi connectivity index (χ0v) is 14.7. The molecule has 1 atom stereocenters. The predicted octanol–water partition coefficient (Wildman–Crippen LogP) is 2.53. The molecule has 26 heavy (non-hydrogen) atoms. The van der Waals surface area contributed by atoms with E-state index >= 15 is 0 Å². The van der Waals surface area contributed by atoms with Crippen LogP contribution >= 0.6 is 0 Å². The second-order valence-electron chi connectivity index (χ2n) is 6.49. The normalized spacial score (nSPS) is 12.1. The minimum atomic E-state index is -1.39. The first-order valence-corrected chi connectivity index (χ1v) is 8.25. The quantitative estimate of drug-likeness (QED) is 0.712. The summed E-state index contributed by atoms with van der Waals surface area (Å²) in [5, 5.41) is 14.5. The lowest BCUT2D eigenvalue weighted by molar-refractivity contribution is -0.146. The fraction of sp³-hybridized carbons (Fsp3) is 0.250. The molecule has 0 radical (unpaired) electrons. The minimum Gasteiger partial charge on any atom is -0.480 e. The van der Waals surface area contributed by atoms with Crippen LogP contribution in [0.15, 0.2) is 60.7 Å². The first kappa shape index (κ1) is 19.2. The van der Waals surface area contributed by atoms with Crippen LogP contribution in [0.1, 0.15) is 42.2 Å². The molecule has 2 aromatic carbocycles. The number of hydrogen-bond donors (Lipinski definition) is 3. The lowest BCUT2D eigenvalue weighted by Gasteiger charge is -2.24. The molecule has 6 nitrogen and oxygen atoms in total. The van der Waals surface area contributed by atoms with Gasteiger partial charge in [0.1, 0.15) is 5.54 Å².